The average Bonchev–Trinajstić information content (AvgIpc) is 2.80. The van der Waals surface area contributed by atoms with Gasteiger partial charge in [-0.1, -0.05) is 75.7 Å². The van der Waals surface area contributed by atoms with E-state index in [2.05, 4.69) is 76.2 Å². The number of Topliss-reactive ketones (excluding diaryl/α,β-unsaturated/α-hetero) is 2. The molecule has 0 aliphatic heterocycles. The molecule has 0 unspecified atom stereocenters. The smallest absolute Gasteiger partial charge is 0.293 e. The van der Waals surface area contributed by atoms with Crippen molar-refractivity contribution in [3.05, 3.63) is 0 Å². The van der Waals surface area contributed by atoms with Crippen molar-refractivity contribution in [3.63, 3.8) is 0 Å². The van der Waals surface area contributed by atoms with Crippen molar-refractivity contribution in [1.82, 2.24) is 0 Å². The number of hydrogen-bond acceptors (Lipinski definition) is 4. The van der Waals surface area contributed by atoms with E-state index in [1.807, 2.05) is 0 Å². The summed E-state index contributed by atoms with van der Waals surface area (Å²) in [6, 6.07) is 0. The molecular formula is C34H60O4. The average molecular weight is 533 g/mol. The van der Waals surface area contributed by atoms with Gasteiger partial charge < -0.3 is 9.53 Å². The third-order valence-corrected chi connectivity index (χ3v) is 12.8. The summed E-state index contributed by atoms with van der Waals surface area (Å²) >= 11 is 0. The Labute approximate surface area is 234 Å². The summed E-state index contributed by atoms with van der Waals surface area (Å²) in [5.41, 5.74) is -1.07. The van der Waals surface area contributed by atoms with Gasteiger partial charge in [-0.05, 0) is 98.2 Å². The van der Waals surface area contributed by atoms with Gasteiger partial charge in [0.05, 0.1) is 0 Å². The Morgan fingerprint density at radius 3 is 2.03 bits per heavy atom. The second-order valence-electron chi connectivity index (χ2n) is 16.1. The van der Waals surface area contributed by atoms with E-state index in [0.717, 1.165) is 57.8 Å². The van der Waals surface area contributed by atoms with Crippen LogP contribution in [0.5, 0.6) is 0 Å². The lowest BCUT2D eigenvalue weighted by Crippen LogP contribution is -2.65. The van der Waals surface area contributed by atoms with Crippen LogP contribution in [-0.2, 0) is 19.1 Å². The van der Waals surface area contributed by atoms with Crippen LogP contribution in [0.15, 0.2) is 0 Å². The van der Waals surface area contributed by atoms with Crippen LogP contribution in [0, 0.1) is 38.4 Å². The van der Waals surface area contributed by atoms with Crippen molar-refractivity contribution in [2.45, 2.75) is 159 Å². The highest BCUT2D eigenvalue weighted by molar-refractivity contribution is 5.86. The molecule has 0 aromatic heterocycles. The minimum Gasteiger partial charge on any atom is -0.462 e. The topological polar surface area (TPSA) is 60.4 Å². The zero-order valence-electron chi connectivity index (χ0n) is 27.1. The molecular weight excluding hydrogens is 472 g/mol. The summed E-state index contributed by atoms with van der Waals surface area (Å²) in [4.78, 5) is 37.5. The Morgan fingerprint density at radius 1 is 0.921 bits per heavy atom. The van der Waals surface area contributed by atoms with Gasteiger partial charge in [-0.3, -0.25) is 9.59 Å². The second-order valence-corrected chi connectivity index (χ2v) is 16.1. The molecule has 0 heterocycles. The monoisotopic (exact) mass is 532 g/mol. The predicted molar refractivity (Wildman–Crippen MR) is 157 cm³/mol. The minimum absolute atomic E-state index is 0.0739. The summed E-state index contributed by atoms with van der Waals surface area (Å²) in [7, 11) is 0. The van der Waals surface area contributed by atoms with Crippen molar-refractivity contribution >= 4 is 18.0 Å². The van der Waals surface area contributed by atoms with Gasteiger partial charge in [0.1, 0.15) is 17.2 Å². The first-order chi connectivity index (χ1) is 17.2. The van der Waals surface area contributed by atoms with E-state index in [4.69, 9.17) is 4.74 Å². The molecule has 0 amide bonds. The van der Waals surface area contributed by atoms with Gasteiger partial charge in [0, 0.05) is 18.3 Å². The molecule has 220 valence electrons. The molecule has 38 heavy (non-hydrogen) atoms. The van der Waals surface area contributed by atoms with Crippen molar-refractivity contribution in [1.29, 1.82) is 0 Å². The van der Waals surface area contributed by atoms with Crippen LogP contribution in [0.3, 0.4) is 0 Å². The van der Waals surface area contributed by atoms with E-state index >= 15 is 0 Å². The minimum atomic E-state index is -0.497. The molecule has 4 heteroatoms. The van der Waals surface area contributed by atoms with Gasteiger partial charge in [0.25, 0.3) is 6.47 Å². The summed E-state index contributed by atoms with van der Waals surface area (Å²) in [5.74, 6) is 0.800. The lowest BCUT2D eigenvalue weighted by Gasteiger charge is -2.70. The van der Waals surface area contributed by atoms with Crippen LogP contribution in [0.1, 0.15) is 154 Å². The normalized spacial score (nSPS) is 33.3. The number of hydrogen-bond donors (Lipinski definition) is 0. The molecule has 0 bridgehead atoms. The molecule has 2 aliphatic carbocycles. The number of ketones is 2. The number of rotatable bonds is 13. The van der Waals surface area contributed by atoms with Crippen molar-refractivity contribution in [2.75, 3.05) is 0 Å². The van der Waals surface area contributed by atoms with E-state index in [0.29, 0.717) is 25.1 Å². The highest BCUT2D eigenvalue weighted by atomic mass is 16.5. The molecule has 2 saturated carbocycles. The number of ether oxygens (including phenoxy) is 1. The van der Waals surface area contributed by atoms with E-state index in [1.54, 1.807) is 6.92 Å². The largest absolute Gasteiger partial charge is 0.462 e. The maximum absolute atomic E-state index is 13.1. The maximum Gasteiger partial charge on any atom is 0.293 e. The van der Waals surface area contributed by atoms with Gasteiger partial charge >= 0.3 is 0 Å². The Bertz CT molecular complexity index is 885. The molecule has 0 aromatic carbocycles. The molecule has 0 N–H and O–H groups in total. The molecule has 0 radical (unpaired) electrons. The lowest BCUT2D eigenvalue weighted by molar-refractivity contribution is -0.216. The van der Waals surface area contributed by atoms with E-state index in [9.17, 15) is 14.4 Å². The summed E-state index contributed by atoms with van der Waals surface area (Å²) in [6.07, 6.45) is 9.92. The molecule has 0 saturated heterocycles. The van der Waals surface area contributed by atoms with E-state index < -0.39 is 11.0 Å². The quantitative estimate of drug-likeness (QED) is 0.222. The van der Waals surface area contributed by atoms with Crippen LogP contribution in [0.2, 0.25) is 0 Å². The fourth-order valence-electron chi connectivity index (χ4n) is 8.70. The summed E-state index contributed by atoms with van der Waals surface area (Å²) in [5, 5.41) is 0. The first kappa shape index (κ1) is 33.0. The van der Waals surface area contributed by atoms with Crippen molar-refractivity contribution < 1.29 is 19.1 Å². The molecule has 0 aromatic rings. The van der Waals surface area contributed by atoms with Crippen LogP contribution in [-0.4, -0.2) is 23.6 Å². The first-order valence-electron chi connectivity index (χ1n) is 15.3. The highest BCUT2D eigenvalue weighted by Crippen LogP contribution is 2.73. The van der Waals surface area contributed by atoms with Crippen LogP contribution < -0.4 is 0 Å². The molecule has 2 rings (SSSR count). The number of fused-ring (bicyclic) bond motifs is 1. The number of carbonyl (C=O) groups is 3. The van der Waals surface area contributed by atoms with Gasteiger partial charge in [-0.15, -0.1) is 0 Å². The Hall–Kier alpha value is -1.19. The van der Waals surface area contributed by atoms with Gasteiger partial charge in [0.2, 0.25) is 0 Å². The Balaban J connectivity index is 2.41. The Morgan fingerprint density at radius 2 is 1.50 bits per heavy atom. The van der Waals surface area contributed by atoms with Crippen LogP contribution in [0.4, 0.5) is 0 Å². The molecule has 2 aliphatic rings. The lowest BCUT2D eigenvalue weighted by atomic mass is 9.33. The van der Waals surface area contributed by atoms with E-state index in [-0.39, 0.29) is 38.8 Å². The van der Waals surface area contributed by atoms with E-state index in [1.165, 1.54) is 0 Å². The predicted octanol–water partition coefficient (Wildman–Crippen LogP) is 9.13. The number of carbonyl (C=O) groups excluding carboxylic acids is 3. The standard InChI is InChI=1S/C34H60O4/c1-13-15-28(3,4)17-19-31(9,38-24-35)20-18-29(5,6)32(10)21-22-34(12)30(7,8)27(37)14-16-33(34,11)26(32)23-25(2)36/h24,26H,13-23H2,1-12H3/t26-,31-,32+,33+,34-/m0/s1. The van der Waals surface area contributed by atoms with Gasteiger partial charge in [-0.2, -0.15) is 0 Å². The third-order valence-electron chi connectivity index (χ3n) is 12.8. The van der Waals surface area contributed by atoms with Crippen LogP contribution in [0.25, 0.3) is 0 Å². The zero-order chi connectivity index (χ0) is 29.4. The first-order valence-corrected chi connectivity index (χ1v) is 15.3. The van der Waals surface area contributed by atoms with Crippen molar-refractivity contribution in [2.24, 2.45) is 38.4 Å². The van der Waals surface area contributed by atoms with Gasteiger partial charge in [0.15, 0.2) is 0 Å². The Kier molecular flexibility index (Phi) is 9.56. The maximum atomic E-state index is 13.1. The fraction of sp³-hybridized carbons (Fsp3) is 0.912. The zero-order valence-corrected chi connectivity index (χ0v) is 27.1. The summed E-state index contributed by atoms with van der Waals surface area (Å²) in [6.45, 7) is 27.5. The second kappa shape index (κ2) is 11.0. The summed E-state index contributed by atoms with van der Waals surface area (Å²) < 4.78 is 5.80. The SMILES string of the molecule is CCCC(C)(C)CC[C@@](C)(CCC(C)(C)[C@]1(C)CC[C@@]2(C)C(C)(C)C(=O)CC[C@]2(C)[C@H]1CC(C)=O)OC=O. The molecule has 2 fully saturated rings. The highest BCUT2D eigenvalue weighted by Gasteiger charge is 2.68. The van der Waals surface area contributed by atoms with Gasteiger partial charge in [-0.25, -0.2) is 0 Å². The van der Waals surface area contributed by atoms with Crippen molar-refractivity contribution in [3.8, 4) is 0 Å². The molecule has 5 atom stereocenters. The fourth-order valence-corrected chi connectivity index (χ4v) is 8.70. The molecule has 4 nitrogen and oxygen atoms in total. The third kappa shape index (κ3) is 5.80. The molecule has 0 spiro atoms. The van der Waals surface area contributed by atoms with Crippen LogP contribution >= 0.6 is 0 Å².